The molecule has 0 spiro atoms. The summed E-state index contributed by atoms with van der Waals surface area (Å²) in [5, 5.41) is 8.24. The lowest BCUT2D eigenvalue weighted by molar-refractivity contribution is 0.0733. The van der Waals surface area contributed by atoms with E-state index >= 15 is 0 Å². The summed E-state index contributed by atoms with van der Waals surface area (Å²) >= 11 is 12.3. The minimum Gasteiger partial charge on any atom is -0.337 e. The van der Waals surface area contributed by atoms with Gasteiger partial charge in [0.2, 0.25) is 0 Å². The summed E-state index contributed by atoms with van der Waals surface area (Å²) in [6.07, 6.45) is 0.681. The van der Waals surface area contributed by atoms with Gasteiger partial charge >= 0.3 is 0 Å². The van der Waals surface area contributed by atoms with E-state index in [0.717, 1.165) is 33.8 Å². The number of H-pyrrole nitrogens is 2. The Bertz CT molecular complexity index is 1270. The van der Waals surface area contributed by atoms with E-state index in [-0.39, 0.29) is 10.9 Å². The number of nitrogens with zero attached hydrogens (tertiary/aromatic N) is 3. The highest BCUT2D eigenvalue weighted by Crippen LogP contribution is 2.31. The van der Waals surface area contributed by atoms with Gasteiger partial charge in [0.25, 0.3) is 5.91 Å². The maximum Gasteiger partial charge on any atom is 0.255 e. The van der Waals surface area contributed by atoms with Crippen molar-refractivity contribution in [3.63, 3.8) is 0 Å². The van der Waals surface area contributed by atoms with Crippen molar-refractivity contribution in [1.82, 2.24) is 25.1 Å². The van der Waals surface area contributed by atoms with Gasteiger partial charge in [0.05, 0.1) is 38.9 Å². The van der Waals surface area contributed by atoms with E-state index in [1.54, 1.807) is 23.1 Å². The van der Waals surface area contributed by atoms with Crippen molar-refractivity contribution in [3.05, 3.63) is 68.3 Å². The first-order valence-corrected chi connectivity index (χ1v) is 10.4. The van der Waals surface area contributed by atoms with E-state index in [1.165, 1.54) is 11.1 Å². The molecule has 0 fully saturated rings. The molecular formula is C22H19Cl2N5O. The largest absolute Gasteiger partial charge is 0.337 e. The Labute approximate surface area is 183 Å². The zero-order valence-electron chi connectivity index (χ0n) is 16.5. The van der Waals surface area contributed by atoms with Crippen LogP contribution in [-0.4, -0.2) is 37.5 Å². The predicted octanol–water partition coefficient (Wildman–Crippen LogP) is 5.08. The maximum atomic E-state index is 13.0. The van der Waals surface area contributed by atoms with Crippen LogP contribution in [0, 0.1) is 13.8 Å². The van der Waals surface area contributed by atoms with E-state index in [1.807, 2.05) is 0 Å². The molecule has 2 N–H and O–H groups in total. The molecule has 1 aliphatic rings. The zero-order valence-corrected chi connectivity index (χ0v) is 18.0. The Hall–Kier alpha value is -2.83. The highest BCUT2D eigenvalue weighted by molar-refractivity contribution is 6.43. The first-order valence-electron chi connectivity index (χ1n) is 9.69. The number of fused-ring (bicyclic) bond motifs is 2. The van der Waals surface area contributed by atoms with Crippen LogP contribution in [-0.2, 0) is 13.0 Å². The van der Waals surface area contributed by atoms with E-state index in [0.29, 0.717) is 30.1 Å². The number of hydrogen-bond acceptors (Lipinski definition) is 3. The molecule has 3 heterocycles. The van der Waals surface area contributed by atoms with Gasteiger partial charge in [0.1, 0.15) is 5.69 Å². The van der Waals surface area contributed by atoms with E-state index in [2.05, 4.69) is 41.2 Å². The van der Waals surface area contributed by atoms with E-state index in [9.17, 15) is 4.79 Å². The molecule has 0 bridgehead atoms. The molecule has 6 nitrogen and oxygen atoms in total. The maximum absolute atomic E-state index is 13.0. The summed E-state index contributed by atoms with van der Waals surface area (Å²) in [6.45, 7) is 5.15. The molecule has 1 amide bonds. The molecule has 30 heavy (non-hydrogen) atoms. The van der Waals surface area contributed by atoms with Crippen molar-refractivity contribution < 1.29 is 4.79 Å². The van der Waals surface area contributed by atoms with Gasteiger partial charge in [-0.1, -0.05) is 29.3 Å². The van der Waals surface area contributed by atoms with Crippen molar-refractivity contribution >= 4 is 40.1 Å². The second kappa shape index (κ2) is 7.15. The van der Waals surface area contributed by atoms with Crippen LogP contribution in [0.5, 0.6) is 0 Å². The van der Waals surface area contributed by atoms with Gasteiger partial charge < -0.3 is 9.88 Å². The van der Waals surface area contributed by atoms with Crippen LogP contribution in [0.2, 0.25) is 10.0 Å². The van der Waals surface area contributed by atoms with Gasteiger partial charge in [-0.2, -0.15) is 5.10 Å². The molecule has 0 atom stereocenters. The van der Waals surface area contributed by atoms with Crippen LogP contribution in [0.3, 0.4) is 0 Å². The van der Waals surface area contributed by atoms with Gasteiger partial charge in [0, 0.05) is 12.1 Å². The fourth-order valence-electron chi connectivity index (χ4n) is 3.91. The minimum absolute atomic E-state index is 0.146. The lowest BCUT2D eigenvalue weighted by Crippen LogP contribution is -2.36. The lowest BCUT2D eigenvalue weighted by Gasteiger charge is -2.27. The SMILES string of the molecule is Cc1cc2nc(-c3[nH]nc4c3CCN(C(=O)c3cccc(Cl)c3Cl)C4)[nH]c2cc1C. The standard InChI is InChI=1S/C22H19Cl2N5O/c1-11-8-16-17(9-12(11)2)26-21(25-16)20-13-6-7-29(10-18(13)27-28-20)22(30)14-4-3-5-15(23)19(14)24/h3-5,8-9H,6-7,10H2,1-2H3,(H,25,26)(H,27,28). The highest BCUT2D eigenvalue weighted by Gasteiger charge is 2.28. The Kier molecular flexibility index (Phi) is 4.56. The molecule has 0 saturated carbocycles. The number of benzene rings is 2. The third-order valence-electron chi connectivity index (χ3n) is 5.73. The van der Waals surface area contributed by atoms with Crippen LogP contribution in [0.1, 0.15) is 32.7 Å². The third-order valence-corrected chi connectivity index (χ3v) is 6.55. The number of aromatic amines is 2. The molecule has 0 unspecified atom stereocenters. The van der Waals surface area contributed by atoms with Crippen LogP contribution < -0.4 is 0 Å². The number of imidazole rings is 1. The number of halogens is 2. The topological polar surface area (TPSA) is 77.7 Å². The number of hydrogen-bond donors (Lipinski definition) is 2. The molecule has 0 saturated heterocycles. The number of nitrogens with one attached hydrogen (secondary N) is 2. The number of rotatable bonds is 2. The number of carbonyl (C=O) groups excluding carboxylic acids is 1. The van der Waals surface area contributed by atoms with Gasteiger partial charge in [-0.05, 0) is 55.7 Å². The number of aryl methyl sites for hydroxylation is 2. The number of carbonyl (C=O) groups is 1. The Morgan fingerprint density at radius 1 is 1.17 bits per heavy atom. The van der Waals surface area contributed by atoms with Crippen molar-refractivity contribution in [1.29, 1.82) is 0 Å². The molecule has 4 aromatic rings. The molecular weight excluding hydrogens is 421 g/mol. The summed E-state index contributed by atoms with van der Waals surface area (Å²) < 4.78 is 0. The average Bonchev–Trinajstić information content (AvgIpc) is 3.33. The van der Waals surface area contributed by atoms with Crippen molar-refractivity contribution in [3.8, 4) is 11.5 Å². The fourth-order valence-corrected chi connectivity index (χ4v) is 4.29. The quantitative estimate of drug-likeness (QED) is 0.457. The van der Waals surface area contributed by atoms with Crippen molar-refractivity contribution in [2.24, 2.45) is 0 Å². The van der Waals surface area contributed by atoms with Gasteiger partial charge in [-0.25, -0.2) is 4.98 Å². The van der Waals surface area contributed by atoms with Gasteiger partial charge in [-0.15, -0.1) is 0 Å². The second-order valence-corrected chi connectivity index (χ2v) is 8.43. The highest BCUT2D eigenvalue weighted by atomic mass is 35.5. The van der Waals surface area contributed by atoms with Gasteiger partial charge in [-0.3, -0.25) is 9.89 Å². The fraction of sp³-hybridized carbons (Fsp3) is 0.227. The number of aromatic nitrogens is 4. The average molecular weight is 440 g/mol. The monoisotopic (exact) mass is 439 g/mol. The molecule has 2 aromatic heterocycles. The molecule has 1 aliphatic heterocycles. The molecule has 152 valence electrons. The van der Waals surface area contributed by atoms with Crippen LogP contribution in [0.4, 0.5) is 0 Å². The Morgan fingerprint density at radius 2 is 1.97 bits per heavy atom. The third kappa shape index (κ3) is 3.07. The molecule has 5 rings (SSSR count). The van der Waals surface area contributed by atoms with E-state index < -0.39 is 0 Å². The summed E-state index contributed by atoms with van der Waals surface area (Å²) in [5.41, 5.74) is 7.58. The van der Waals surface area contributed by atoms with Gasteiger partial charge in [0.15, 0.2) is 5.82 Å². The molecule has 0 aliphatic carbocycles. The number of amides is 1. The molecule has 0 radical (unpaired) electrons. The summed E-state index contributed by atoms with van der Waals surface area (Å²) in [6, 6.07) is 9.29. The molecule has 8 heteroatoms. The molecule has 2 aromatic carbocycles. The second-order valence-electron chi connectivity index (χ2n) is 7.64. The summed E-state index contributed by atoms with van der Waals surface area (Å²) in [5.74, 6) is 0.619. The van der Waals surface area contributed by atoms with Crippen molar-refractivity contribution in [2.75, 3.05) is 6.54 Å². The lowest BCUT2D eigenvalue weighted by atomic mass is 10.0. The Balaban J connectivity index is 1.45. The summed E-state index contributed by atoms with van der Waals surface area (Å²) in [7, 11) is 0. The van der Waals surface area contributed by atoms with Crippen LogP contribution in [0.15, 0.2) is 30.3 Å². The van der Waals surface area contributed by atoms with Crippen LogP contribution in [0.25, 0.3) is 22.6 Å². The predicted molar refractivity (Wildman–Crippen MR) is 118 cm³/mol. The van der Waals surface area contributed by atoms with Crippen molar-refractivity contribution in [2.45, 2.75) is 26.8 Å². The van der Waals surface area contributed by atoms with E-state index in [4.69, 9.17) is 28.2 Å². The smallest absolute Gasteiger partial charge is 0.255 e. The minimum atomic E-state index is -0.146. The zero-order chi connectivity index (χ0) is 21.0. The summed E-state index contributed by atoms with van der Waals surface area (Å²) in [4.78, 5) is 22.9. The first-order chi connectivity index (χ1) is 14.4. The first kappa shape index (κ1) is 19.2. The normalized spacial score (nSPS) is 13.7. The Morgan fingerprint density at radius 3 is 2.80 bits per heavy atom. The van der Waals surface area contributed by atoms with Crippen LogP contribution >= 0.6 is 23.2 Å².